The molecule has 2 unspecified atom stereocenters. The topological polar surface area (TPSA) is 21.3 Å². The molecular formula is C14H23NOS. The molecule has 0 amide bonds. The maximum absolute atomic E-state index is 5.69. The first-order chi connectivity index (χ1) is 8.38. The van der Waals surface area contributed by atoms with E-state index in [9.17, 15) is 0 Å². The number of hydrogen-bond acceptors (Lipinski definition) is 3. The molecule has 2 heterocycles. The van der Waals surface area contributed by atoms with Gasteiger partial charge in [-0.2, -0.15) is 11.3 Å². The van der Waals surface area contributed by atoms with E-state index < -0.39 is 0 Å². The molecule has 1 aromatic rings. The minimum absolute atomic E-state index is 0.527. The molecule has 17 heavy (non-hydrogen) atoms. The van der Waals surface area contributed by atoms with Crippen molar-refractivity contribution in [2.24, 2.45) is 0 Å². The van der Waals surface area contributed by atoms with E-state index in [-0.39, 0.29) is 0 Å². The lowest BCUT2D eigenvalue weighted by molar-refractivity contribution is 0.0996. The molecule has 1 fully saturated rings. The summed E-state index contributed by atoms with van der Waals surface area (Å²) in [6.07, 6.45) is 6.64. The standard InChI is InChI=1S/C14H23NOS/c1-2-15-13(10-12-7-9-17-11-12)5-6-14-4-3-8-16-14/h7,9,11,13-15H,2-6,8,10H2,1H3. The van der Waals surface area contributed by atoms with Gasteiger partial charge < -0.3 is 10.1 Å². The van der Waals surface area contributed by atoms with Crippen LogP contribution in [0.1, 0.15) is 38.2 Å². The van der Waals surface area contributed by atoms with Gasteiger partial charge in [0.05, 0.1) is 6.10 Å². The van der Waals surface area contributed by atoms with Crippen LogP contribution in [0, 0.1) is 0 Å². The summed E-state index contributed by atoms with van der Waals surface area (Å²) in [7, 11) is 0. The molecule has 0 radical (unpaired) electrons. The molecule has 0 spiro atoms. The molecule has 0 bridgehead atoms. The molecule has 0 aromatic carbocycles. The highest BCUT2D eigenvalue weighted by atomic mass is 32.1. The average molecular weight is 253 g/mol. The van der Waals surface area contributed by atoms with Gasteiger partial charge >= 0.3 is 0 Å². The predicted molar refractivity (Wildman–Crippen MR) is 73.7 cm³/mol. The van der Waals surface area contributed by atoms with Crippen molar-refractivity contribution in [2.45, 2.75) is 51.2 Å². The van der Waals surface area contributed by atoms with Crippen molar-refractivity contribution >= 4 is 11.3 Å². The summed E-state index contributed by atoms with van der Waals surface area (Å²) < 4.78 is 5.69. The van der Waals surface area contributed by atoms with E-state index in [1.165, 1.54) is 31.2 Å². The second-order valence-corrected chi connectivity index (χ2v) is 5.58. The van der Waals surface area contributed by atoms with Crippen LogP contribution < -0.4 is 5.32 Å². The molecule has 2 atom stereocenters. The van der Waals surface area contributed by atoms with Crippen LogP contribution in [0.15, 0.2) is 16.8 Å². The van der Waals surface area contributed by atoms with Gasteiger partial charge in [0.25, 0.3) is 0 Å². The van der Waals surface area contributed by atoms with E-state index in [2.05, 4.69) is 29.1 Å². The summed E-state index contributed by atoms with van der Waals surface area (Å²) in [6, 6.07) is 2.85. The van der Waals surface area contributed by atoms with Crippen LogP contribution in [0.25, 0.3) is 0 Å². The third-order valence-corrected chi connectivity index (χ3v) is 4.15. The highest BCUT2D eigenvalue weighted by Gasteiger charge is 2.17. The van der Waals surface area contributed by atoms with Crippen LogP contribution in [-0.4, -0.2) is 25.3 Å². The summed E-state index contributed by atoms with van der Waals surface area (Å²) in [6.45, 7) is 4.22. The Bertz CT molecular complexity index is 293. The van der Waals surface area contributed by atoms with Crippen molar-refractivity contribution in [3.8, 4) is 0 Å². The van der Waals surface area contributed by atoms with Crippen LogP contribution in [0.5, 0.6) is 0 Å². The second kappa shape index (κ2) is 7.14. The van der Waals surface area contributed by atoms with Gasteiger partial charge in [-0.05, 0) is 61.0 Å². The van der Waals surface area contributed by atoms with Gasteiger partial charge in [-0.1, -0.05) is 6.92 Å². The number of hydrogen-bond donors (Lipinski definition) is 1. The third kappa shape index (κ3) is 4.41. The lowest BCUT2D eigenvalue weighted by atomic mass is 10.0. The highest BCUT2D eigenvalue weighted by Crippen LogP contribution is 2.19. The molecule has 2 nitrogen and oxygen atoms in total. The Balaban J connectivity index is 1.75. The van der Waals surface area contributed by atoms with Gasteiger partial charge in [-0.3, -0.25) is 0 Å². The Morgan fingerprint density at radius 3 is 3.18 bits per heavy atom. The minimum Gasteiger partial charge on any atom is -0.378 e. The van der Waals surface area contributed by atoms with Gasteiger partial charge in [0.2, 0.25) is 0 Å². The fraction of sp³-hybridized carbons (Fsp3) is 0.714. The number of rotatable bonds is 7. The number of thiophene rings is 1. The van der Waals surface area contributed by atoms with E-state index in [4.69, 9.17) is 4.74 Å². The first-order valence-electron chi connectivity index (χ1n) is 6.74. The Morgan fingerprint density at radius 2 is 2.53 bits per heavy atom. The quantitative estimate of drug-likeness (QED) is 0.805. The van der Waals surface area contributed by atoms with Crippen molar-refractivity contribution in [3.05, 3.63) is 22.4 Å². The first-order valence-corrected chi connectivity index (χ1v) is 7.69. The molecule has 0 aliphatic carbocycles. The zero-order chi connectivity index (χ0) is 11.9. The fourth-order valence-electron chi connectivity index (χ4n) is 2.52. The van der Waals surface area contributed by atoms with Crippen molar-refractivity contribution in [3.63, 3.8) is 0 Å². The van der Waals surface area contributed by atoms with E-state index in [1.807, 2.05) is 0 Å². The average Bonchev–Trinajstić information content (AvgIpc) is 2.99. The van der Waals surface area contributed by atoms with Crippen LogP contribution in [-0.2, 0) is 11.2 Å². The largest absolute Gasteiger partial charge is 0.378 e. The smallest absolute Gasteiger partial charge is 0.0576 e. The minimum atomic E-state index is 0.527. The Morgan fingerprint density at radius 1 is 1.59 bits per heavy atom. The number of ether oxygens (including phenoxy) is 1. The maximum Gasteiger partial charge on any atom is 0.0576 e. The van der Waals surface area contributed by atoms with Crippen molar-refractivity contribution in [1.29, 1.82) is 0 Å². The molecule has 1 N–H and O–H groups in total. The van der Waals surface area contributed by atoms with Gasteiger partial charge in [0.1, 0.15) is 0 Å². The van der Waals surface area contributed by atoms with Crippen LogP contribution in [0.2, 0.25) is 0 Å². The zero-order valence-electron chi connectivity index (χ0n) is 10.7. The molecule has 96 valence electrons. The van der Waals surface area contributed by atoms with Crippen LogP contribution in [0.4, 0.5) is 0 Å². The Kier molecular flexibility index (Phi) is 5.49. The molecule has 1 saturated heterocycles. The van der Waals surface area contributed by atoms with Crippen molar-refractivity contribution < 1.29 is 4.74 Å². The number of likely N-dealkylation sites (N-methyl/N-ethyl adjacent to an activating group) is 1. The lowest BCUT2D eigenvalue weighted by Crippen LogP contribution is -2.31. The molecular weight excluding hydrogens is 230 g/mol. The summed E-state index contributed by atoms with van der Waals surface area (Å²) in [5, 5.41) is 8.02. The van der Waals surface area contributed by atoms with Gasteiger partial charge in [0.15, 0.2) is 0 Å². The summed E-state index contributed by atoms with van der Waals surface area (Å²) in [5.74, 6) is 0. The van der Waals surface area contributed by atoms with E-state index >= 15 is 0 Å². The third-order valence-electron chi connectivity index (χ3n) is 3.42. The summed E-state index contributed by atoms with van der Waals surface area (Å²) in [5.41, 5.74) is 1.47. The number of nitrogens with one attached hydrogen (secondary N) is 1. The van der Waals surface area contributed by atoms with Gasteiger partial charge in [0, 0.05) is 12.6 Å². The molecule has 1 aliphatic heterocycles. The summed E-state index contributed by atoms with van der Waals surface area (Å²) in [4.78, 5) is 0. The lowest BCUT2D eigenvalue weighted by Gasteiger charge is -2.19. The van der Waals surface area contributed by atoms with E-state index in [0.29, 0.717) is 12.1 Å². The van der Waals surface area contributed by atoms with Crippen LogP contribution in [0.3, 0.4) is 0 Å². The van der Waals surface area contributed by atoms with Gasteiger partial charge in [-0.25, -0.2) is 0 Å². The Labute approximate surface area is 108 Å². The molecule has 0 saturated carbocycles. The van der Waals surface area contributed by atoms with Crippen LogP contribution >= 0.6 is 11.3 Å². The molecule has 1 aromatic heterocycles. The molecule has 1 aliphatic rings. The van der Waals surface area contributed by atoms with Crippen molar-refractivity contribution in [1.82, 2.24) is 5.32 Å². The normalized spacial score (nSPS) is 21.8. The SMILES string of the molecule is CCNC(CCC1CCCO1)Cc1ccsc1. The summed E-state index contributed by atoms with van der Waals surface area (Å²) >= 11 is 1.79. The predicted octanol–water partition coefficient (Wildman–Crippen LogP) is 3.23. The van der Waals surface area contributed by atoms with E-state index in [0.717, 1.165) is 19.6 Å². The second-order valence-electron chi connectivity index (χ2n) is 4.80. The van der Waals surface area contributed by atoms with Gasteiger partial charge in [-0.15, -0.1) is 0 Å². The molecule has 3 heteroatoms. The zero-order valence-corrected chi connectivity index (χ0v) is 11.5. The monoisotopic (exact) mass is 253 g/mol. The van der Waals surface area contributed by atoms with E-state index in [1.54, 1.807) is 11.3 Å². The maximum atomic E-state index is 5.69. The highest BCUT2D eigenvalue weighted by molar-refractivity contribution is 7.07. The Hall–Kier alpha value is -0.380. The first kappa shape index (κ1) is 13.1. The van der Waals surface area contributed by atoms with Crippen molar-refractivity contribution in [2.75, 3.05) is 13.2 Å². The fourth-order valence-corrected chi connectivity index (χ4v) is 3.20. The molecule has 2 rings (SSSR count).